The molecule has 0 aliphatic heterocycles. The molecule has 0 aliphatic carbocycles. The van der Waals surface area contributed by atoms with Crippen LogP contribution in [0.4, 0.5) is 11.9 Å². The maximum atomic E-state index is 4.57. The van der Waals surface area contributed by atoms with Crippen LogP contribution in [0, 0.1) is 34.6 Å². The van der Waals surface area contributed by atoms with Crippen LogP contribution in [0.25, 0.3) is 10.9 Å². The first-order chi connectivity index (χ1) is 10.4. The second kappa shape index (κ2) is 5.33. The topological polar surface area (TPSA) is 63.6 Å². The molecule has 5 nitrogen and oxygen atoms in total. The lowest BCUT2D eigenvalue weighted by molar-refractivity contribution is 1.01. The summed E-state index contributed by atoms with van der Waals surface area (Å²) in [6.07, 6.45) is 0. The third-order valence-corrected chi connectivity index (χ3v) is 3.90. The van der Waals surface area contributed by atoms with Crippen LogP contribution in [0.15, 0.2) is 18.2 Å². The molecular weight excluding hydrogens is 274 g/mol. The van der Waals surface area contributed by atoms with Gasteiger partial charge in [-0.2, -0.15) is 0 Å². The van der Waals surface area contributed by atoms with Crippen LogP contribution in [-0.4, -0.2) is 19.9 Å². The van der Waals surface area contributed by atoms with E-state index in [9.17, 15) is 0 Å². The van der Waals surface area contributed by atoms with Crippen molar-refractivity contribution in [1.29, 1.82) is 0 Å². The molecule has 0 unspecified atom stereocenters. The van der Waals surface area contributed by atoms with Crippen molar-refractivity contribution < 1.29 is 0 Å². The highest BCUT2D eigenvalue weighted by Crippen LogP contribution is 2.20. The SMILES string of the molecule is Cc1ccc2c(C)nc(Nc3nc(C)c(C)c(C)n3)nc2c1. The standard InChI is InChI=1S/C17H19N5/c1-9-6-7-14-13(5)20-17(21-15(14)8-9)22-16-18-11(3)10(2)12(4)19-16/h6-8H,1-5H3,(H,18,19,20,21,22). The molecule has 0 amide bonds. The maximum absolute atomic E-state index is 4.57. The Morgan fingerprint density at radius 2 is 1.32 bits per heavy atom. The smallest absolute Gasteiger partial charge is 0.230 e. The van der Waals surface area contributed by atoms with E-state index >= 15 is 0 Å². The third-order valence-electron chi connectivity index (χ3n) is 3.90. The number of fused-ring (bicyclic) bond motifs is 1. The summed E-state index contributed by atoms with van der Waals surface area (Å²) in [5.41, 5.74) is 6.07. The molecule has 1 N–H and O–H groups in total. The Morgan fingerprint density at radius 1 is 0.727 bits per heavy atom. The fourth-order valence-electron chi connectivity index (χ4n) is 2.38. The zero-order valence-corrected chi connectivity index (χ0v) is 13.5. The Labute approximate surface area is 129 Å². The minimum absolute atomic E-state index is 0.526. The van der Waals surface area contributed by atoms with Crippen molar-refractivity contribution in [2.75, 3.05) is 5.32 Å². The summed E-state index contributed by atoms with van der Waals surface area (Å²) in [4.78, 5) is 18.0. The molecule has 2 aromatic heterocycles. The van der Waals surface area contributed by atoms with Crippen molar-refractivity contribution in [1.82, 2.24) is 19.9 Å². The molecule has 0 bridgehead atoms. The van der Waals surface area contributed by atoms with Gasteiger partial charge < -0.3 is 0 Å². The average molecular weight is 293 g/mol. The maximum Gasteiger partial charge on any atom is 0.230 e. The number of nitrogens with zero attached hydrogens (tertiary/aromatic N) is 4. The van der Waals surface area contributed by atoms with Crippen molar-refractivity contribution >= 4 is 22.8 Å². The van der Waals surface area contributed by atoms with Gasteiger partial charge in [-0.05, 0) is 51.8 Å². The summed E-state index contributed by atoms with van der Waals surface area (Å²) < 4.78 is 0. The second-order valence-electron chi connectivity index (χ2n) is 5.62. The molecule has 0 fully saturated rings. The highest BCUT2D eigenvalue weighted by molar-refractivity contribution is 5.82. The molecule has 0 saturated heterocycles. The zero-order valence-electron chi connectivity index (χ0n) is 13.5. The number of aromatic nitrogens is 4. The number of anilines is 2. The molecule has 1 aromatic carbocycles. The van der Waals surface area contributed by atoms with Gasteiger partial charge in [0.05, 0.1) is 11.2 Å². The Hall–Kier alpha value is -2.56. The molecular formula is C17H19N5. The van der Waals surface area contributed by atoms with Gasteiger partial charge in [-0.25, -0.2) is 19.9 Å². The molecule has 22 heavy (non-hydrogen) atoms. The minimum atomic E-state index is 0.526. The van der Waals surface area contributed by atoms with Crippen molar-refractivity contribution in [3.8, 4) is 0 Å². The fraction of sp³-hybridized carbons (Fsp3) is 0.294. The van der Waals surface area contributed by atoms with Crippen LogP contribution < -0.4 is 5.32 Å². The van der Waals surface area contributed by atoms with Gasteiger partial charge in [0.15, 0.2) is 0 Å². The number of benzene rings is 1. The zero-order chi connectivity index (χ0) is 15.9. The lowest BCUT2D eigenvalue weighted by atomic mass is 10.1. The first-order valence-electron chi connectivity index (χ1n) is 7.28. The quantitative estimate of drug-likeness (QED) is 0.780. The molecule has 2 heterocycles. The first kappa shape index (κ1) is 14.4. The number of aryl methyl sites for hydroxylation is 4. The van der Waals surface area contributed by atoms with Crippen molar-refractivity contribution in [3.63, 3.8) is 0 Å². The van der Waals surface area contributed by atoms with Gasteiger partial charge in [-0.3, -0.25) is 5.32 Å². The lowest BCUT2D eigenvalue weighted by Crippen LogP contribution is -2.06. The van der Waals surface area contributed by atoms with Crippen LogP contribution >= 0.6 is 0 Å². The highest BCUT2D eigenvalue weighted by Gasteiger charge is 2.08. The van der Waals surface area contributed by atoms with E-state index in [4.69, 9.17) is 0 Å². The Kier molecular flexibility index (Phi) is 3.48. The van der Waals surface area contributed by atoms with Crippen LogP contribution in [0.2, 0.25) is 0 Å². The minimum Gasteiger partial charge on any atom is -0.293 e. The van der Waals surface area contributed by atoms with Gasteiger partial charge in [0.25, 0.3) is 0 Å². The molecule has 0 spiro atoms. The largest absolute Gasteiger partial charge is 0.293 e. The second-order valence-corrected chi connectivity index (χ2v) is 5.62. The number of hydrogen-bond donors (Lipinski definition) is 1. The summed E-state index contributed by atoms with van der Waals surface area (Å²) in [6, 6.07) is 6.18. The number of nitrogens with one attached hydrogen (secondary N) is 1. The molecule has 0 radical (unpaired) electrons. The Balaban J connectivity index is 2.04. The van der Waals surface area contributed by atoms with Crippen LogP contribution in [0.3, 0.4) is 0 Å². The van der Waals surface area contributed by atoms with E-state index in [1.165, 1.54) is 5.56 Å². The van der Waals surface area contributed by atoms with E-state index in [1.807, 2.05) is 27.7 Å². The molecule has 3 rings (SSSR count). The van der Waals surface area contributed by atoms with E-state index in [2.05, 4.69) is 50.4 Å². The van der Waals surface area contributed by atoms with Crippen LogP contribution in [-0.2, 0) is 0 Å². The van der Waals surface area contributed by atoms with E-state index in [0.29, 0.717) is 11.9 Å². The van der Waals surface area contributed by atoms with Crippen LogP contribution in [0.1, 0.15) is 28.2 Å². The normalized spacial score (nSPS) is 11.0. The average Bonchev–Trinajstić information content (AvgIpc) is 2.44. The molecule has 3 aromatic rings. The number of rotatable bonds is 2. The predicted molar refractivity (Wildman–Crippen MR) is 88.5 cm³/mol. The first-order valence-corrected chi connectivity index (χ1v) is 7.28. The fourth-order valence-corrected chi connectivity index (χ4v) is 2.38. The van der Waals surface area contributed by atoms with Gasteiger partial charge in [0.2, 0.25) is 11.9 Å². The molecule has 0 saturated carbocycles. The highest BCUT2D eigenvalue weighted by atomic mass is 15.2. The molecule has 5 heteroatoms. The van der Waals surface area contributed by atoms with E-state index in [1.54, 1.807) is 0 Å². The van der Waals surface area contributed by atoms with Gasteiger partial charge in [0, 0.05) is 16.8 Å². The molecule has 0 atom stereocenters. The van der Waals surface area contributed by atoms with E-state index < -0.39 is 0 Å². The van der Waals surface area contributed by atoms with Crippen molar-refractivity contribution in [3.05, 3.63) is 46.4 Å². The van der Waals surface area contributed by atoms with Gasteiger partial charge in [0.1, 0.15) is 0 Å². The van der Waals surface area contributed by atoms with Gasteiger partial charge in [-0.15, -0.1) is 0 Å². The third kappa shape index (κ3) is 2.62. The summed E-state index contributed by atoms with van der Waals surface area (Å²) in [5.74, 6) is 1.06. The summed E-state index contributed by atoms with van der Waals surface area (Å²) in [6.45, 7) is 10.0. The van der Waals surface area contributed by atoms with Crippen molar-refractivity contribution in [2.24, 2.45) is 0 Å². The molecule has 0 aliphatic rings. The van der Waals surface area contributed by atoms with E-state index in [-0.39, 0.29) is 0 Å². The monoisotopic (exact) mass is 293 g/mol. The Morgan fingerprint density at radius 3 is 2.00 bits per heavy atom. The Bertz CT molecular complexity index is 847. The van der Waals surface area contributed by atoms with Gasteiger partial charge in [-0.1, -0.05) is 12.1 Å². The summed E-state index contributed by atoms with van der Waals surface area (Å²) in [5, 5.41) is 4.18. The summed E-state index contributed by atoms with van der Waals surface area (Å²) >= 11 is 0. The summed E-state index contributed by atoms with van der Waals surface area (Å²) in [7, 11) is 0. The van der Waals surface area contributed by atoms with Crippen LogP contribution in [0.5, 0.6) is 0 Å². The lowest BCUT2D eigenvalue weighted by Gasteiger charge is -2.10. The molecule has 112 valence electrons. The van der Waals surface area contributed by atoms with Gasteiger partial charge >= 0.3 is 0 Å². The number of hydrogen-bond acceptors (Lipinski definition) is 5. The van der Waals surface area contributed by atoms with Crippen molar-refractivity contribution in [2.45, 2.75) is 34.6 Å². The predicted octanol–water partition coefficient (Wildman–Crippen LogP) is 3.71. The van der Waals surface area contributed by atoms with E-state index in [0.717, 1.165) is 33.5 Å².